The van der Waals surface area contributed by atoms with Crippen molar-refractivity contribution < 1.29 is 13.9 Å². The first kappa shape index (κ1) is 15.8. The van der Waals surface area contributed by atoms with Crippen molar-refractivity contribution in [3.63, 3.8) is 0 Å². The Morgan fingerprint density at radius 1 is 1.12 bits per heavy atom. The van der Waals surface area contributed by atoms with Crippen LogP contribution in [0.25, 0.3) is 21.7 Å². The van der Waals surface area contributed by atoms with Gasteiger partial charge in [-0.1, -0.05) is 30.3 Å². The van der Waals surface area contributed by atoms with E-state index in [1.165, 1.54) is 0 Å². The van der Waals surface area contributed by atoms with Crippen molar-refractivity contribution in [1.82, 2.24) is 4.90 Å². The fraction of sp³-hybridized carbons (Fsp3) is 0.300. The van der Waals surface area contributed by atoms with E-state index in [1.807, 2.05) is 37.4 Å². The Balaban J connectivity index is 1.71. The van der Waals surface area contributed by atoms with Gasteiger partial charge in [0.25, 0.3) is 0 Å². The summed E-state index contributed by atoms with van der Waals surface area (Å²) in [6.45, 7) is 1.77. The van der Waals surface area contributed by atoms with Crippen LogP contribution in [0, 0.1) is 0 Å². The second-order valence-corrected chi connectivity index (χ2v) is 6.55. The number of esters is 1. The van der Waals surface area contributed by atoms with Gasteiger partial charge >= 0.3 is 11.6 Å². The molecular weight excluding hydrogens is 318 g/mol. The molecule has 0 radical (unpaired) electrons. The average molecular weight is 337 g/mol. The van der Waals surface area contributed by atoms with Crippen molar-refractivity contribution in [1.29, 1.82) is 0 Å². The minimum atomic E-state index is -0.652. The van der Waals surface area contributed by atoms with Gasteiger partial charge in [0, 0.05) is 18.5 Å². The van der Waals surface area contributed by atoms with Crippen LogP contribution in [0.5, 0.6) is 0 Å². The fourth-order valence-electron chi connectivity index (χ4n) is 3.33. The van der Waals surface area contributed by atoms with Gasteiger partial charge < -0.3 is 14.1 Å². The summed E-state index contributed by atoms with van der Waals surface area (Å²) in [5.74, 6) is -0.599. The van der Waals surface area contributed by atoms with Gasteiger partial charge in [-0.15, -0.1) is 0 Å². The molecule has 0 aliphatic carbocycles. The van der Waals surface area contributed by atoms with Gasteiger partial charge in [-0.2, -0.15) is 0 Å². The molecule has 4 rings (SSSR count). The maximum Gasteiger partial charge on any atom is 0.351 e. The Kier molecular flexibility index (Phi) is 4.01. The summed E-state index contributed by atoms with van der Waals surface area (Å²) < 4.78 is 10.9. The number of carbonyl (C=O) groups is 1. The summed E-state index contributed by atoms with van der Waals surface area (Å²) in [4.78, 5) is 26.9. The van der Waals surface area contributed by atoms with E-state index in [9.17, 15) is 9.59 Å². The zero-order valence-electron chi connectivity index (χ0n) is 14.0. The zero-order valence-corrected chi connectivity index (χ0v) is 14.0. The Hall–Kier alpha value is -2.66. The predicted molar refractivity (Wildman–Crippen MR) is 95.9 cm³/mol. The summed E-state index contributed by atoms with van der Waals surface area (Å²) in [6, 6.07) is 13.1. The van der Waals surface area contributed by atoms with Gasteiger partial charge in [0.05, 0.1) is 0 Å². The molecule has 25 heavy (non-hydrogen) atoms. The lowest BCUT2D eigenvalue weighted by atomic mass is 10.0. The normalized spacial score (nSPS) is 16.4. The molecule has 128 valence electrons. The Morgan fingerprint density at radius 2 is 1.88 bits per heavy atom. The molecule has 0 amide bonds. The molecule has 0 saturated carbocycles. The standard InChI is InChI=1S/C20H19NO4/c1-21-10-8-14(9-11-21)24-19(22)17-12-16-15-5-3-2-4-13(15)6-7-18(16)25-20(17)23/h2-7,12,14H,8-11H2,1H3. The first-order chi connectivity index (χ1) is 12.1. The number of ether oxygens (including phenoxy) is 1. The number of carbonyl (C=O) groups excluding carboxylic acids is 1. The molecular formula is C20H19NO4. The molecule has 3 aromatic rings. The minimum absolute atomic E-state index is 0.0391. The maximum atomic E-state index is 12.5. The highest BCUT2D eigenvalue weighted by atomic mass is 16.5. The SMILES string of the molecule is CN1CCC(OC(=O)c2cc3c(ccc4ccccc43)oc2=O)CC1. The predicted octanol–water partition coefficient (Wildman–Crippen LogP) is 3.20. The molecule has 0 unspecified atom stereocenters. The fourth-order valence-corrected chi connectivity index (χ4v) is 3.33. The molecule has 1 aliphatic heterocycles. The molecule has 0 bridgehead atoms. The molecule has 0 atom stereocenters. The number of piperidine rings is 1. The lowest BCUT2D eigenvalue weighted by molar-refractivity contribution is 0.0135. The van der Waals surface area contributed by atoms with Crippen LogP contribution in [0.15, 0.2) is 51.7 Å². The molecule has 2 aromatic carbocycles. The van der Waals surface area contributed by atoms with Gasteiger partial charge in [-0.3, -0.25) is 0 Å². The van der Waals surface area contributed by atoms with Crippen molar-refractivity contribution in [2.24, 2.45) is 0 Å². The summed E-state index contributed by atoms with van der Waals surface area (Å²) in [5, 5.41) is 2.71. The topological polar surface area (TPSA) is 59.8 Å². The third-order valence-electron chi connectivity index (χ3n) is 4.80. The molecule has 0 N–H and O–H groups in total. The Labute approximate surface area is 144 Å². The monoisotopic (exact) mass is 337 g/mol. The highest BCUT2D eigenvalue weighted by Gasteiger charge is 2.23. The quantitative estimate of drug-likeness (QED) is 0.408. The molecule has 1 aliphatic rings. The number of benzene rings is 2. The van der Waals surface area contributed by atoms with Gasteiger partial charge in [-0.05, 0) is 42.8 Å². The first-order valence-corrected chi connectivity index (χ1v) is 8.47. The summed E-state index contributed by atoms with van der Waals surface area (Å²) in [5.41, 5.74) is -0.219. The van der Waals surface area contributed by atoms with E-state index in [0.717, 1.165) is 42.1 Å². The molecule has 5 heteroatoms. The smallest absolute Gasteiger partial charge is 0.351 e. The van der Waals surface area contributed by atoms with Crippen molar-refractivity contribution in [3.8, 4) is 0 Å². The van der Waals surface area contributed by atoms with E-state index in [0.29, 0.717) is 5.58 Å². The Bertz CT molecular complexity index is 999. The third-order valence-corrected chi connectivity index (χ3v) is 4.80. The second-order valence-electron chi connectivity index (χ2n) is 6.55. The molecule has 1 fully saturated rings. The molecule has 1 aromatic heterocycles. The van der Waals surface area contributed by atoms with E-state index >= 15 is 0 Å². The summed E-state index contributed by atoms with van der Waals surface area (Å²) >= 11 is 0. The number of rotatable bonds is 2. The van der Waals surface area contributed by atoms with Crippen LogP contribution in [-0.4, -0.2) is 37.1 Å². The lowest BCUT2D eigenvalue weighted by Gasteiger charge is -2.28. The van der Waals surface area contributed by atoms with E-state index in [4.69, 9.17) is 9.15 Å². The molecule has 5 nitrogen and oxygen atoms in total. The second kappa shape index (κ2) is 6.33. The highest BCUT2D eigenvalue weighted by Crippen LogP contribution is 2.25. The van der Waals surface area contributed by atoms with Gasteiger partial charge in [-0.25, -0.2) is 9.59 Å². The maximum absolute atomic E-state index is 12.5. The number of hydrogen-bond acceptors (Lipinski definition) is 5. The van der Waals surface area contributed by atoms with E-state index in [1.54, 1.807) is 12.1 Å². The van der Waals surface area contributed by atoms with Crippen molar-refractivity contribution in [2.75, 3.05) is 20.1 Å². The van der Waals surface area contributed by atoms with E-state index in [2.05, 4.69) is 4.90 Å². The van der Waals surface area contributed by atoms with Crippen LogP contribution < -0.4 is 5.63 Å². The van der Waals surface area contributed by atoms with Crippen LogP contribution in [0.4, 0.5) is 0 Å². The van der Waals surface area contributed by atoms with Crippen molar-refractivity contribution >= 4 is 27.7 Å². The van der Waals surface area contributed by atoms with Crippen molar-refractivity contribution in [2.45, 2.75) is 18.9 Å². The highest BCUT2D eigenvalue weighted by molar-refractivity contribution is 6.07. The first-order valence-electron chi connectivity index (χ1n) is 8.47. The number of hydrogen-bond donors (Lipinski definition) is 0. The van der Waals surface area contributed by atoms with Gasteiger partial charge in [0.15, 0.2) is 0 Å². The van der Waals surface area contributed by atoms with Crippen molar-refractivity contribution in [3.05, 3.63) is 58.4 Å². The largest absolute Gasteiger partial charge is 0.458 e. The zero-order chi connectivity index (χ0) is 17.4. The summed E-state index contributed by atoms with van der Waals surface area (Å²) in [6.07, 6.45) is 1.42. The van der Waals surface area contributed by atoms with Crippen LogP contribution in [0.3, 0.4) is 0 Å². The van der Waals surface area contributed by atoms with Crippen LogP contribution >= 0.6 is 0 Å². The minimum Gasteiger partial charge on any atom is -0.458 e. The van der Waals surface area contributed by atoms with Crippen LogP contribution in [0.1, 0.15) is 23.2 Å². The van der Waals surface area contributed by atoms with Crippen LogP contribution in [-0.2, 0) is 4.74 Å². The third kappa shape index (κ3) is 3.03. The molecule has 2 heterocycles. The summed E-state index contributed by atoms with van der Waals surface area (Å²) in [7, 11) is 2.04. The number of fused-ring (bicyclic) bond motifs is 3. The van der Waals surface area contributed by atoms with Gasteiger partial charge in [0.2, 0.25) is 0 Å². The molecule has 1 saturated heterocycles. The molecule has 0 spiro atoms. The average Bonchev–Trinajstić information content (AvgIpc) is 2.62. The van der Waals surface area contributed by atoms with Crippen LogP contribution in [0.2, 0.25) is 0 Å². The number of nitrogens with zero attached hydrogens (tertiary/aromatic N) is 1. The Morgan fingerprint density at radius 3 is 2.68 bits per heavy atom. The van der Waals surface area contributed by atoms with Gasteiger partial charge in [0.1, 0.15) is 17.3 Å². The van der Waals surface area contributed by atoms with E-state index < -0.39 is 11.6 Å². The number of likely N-dealkylation sites (tertiary alicyclic amines) is 1. The lowest BCUT2D eigenvalue weighted by Crippen LogP contribution is -2.35. The van der Waals surface area contributed by atoms with E-state index in [-0.39, 0.29) is 11.7 Å².